The summed E-state index contributed by atoms with van der Waals surface area (Å²) in [5.74, 6) is 0.519. The summed E-state index contributed by atoms with van der Waals surface area (Å²) in [6.07, 6.45) is 2.69. The molecule has 136 valence electrons. The molecule has 0 bridgehead atoms. The zero-order valence-electron chi connectivity index (χ0n) is 15.0. The number of benzene rings is 2. The van der Waals surface area contributed by atoms with E-state index in [9.17, 15) is 9.59 Å². The fraction of sp³-hybridized carbons (Fsp3) is 0.333. The van der Waals surface area contributed by atoms with Gasteiger partial charge in [-0.2, -0.15) is 0 Å². The quantitative estimate of drug-likeness (QED) is 0.805. The van der Waals surface area contributed by atoms with E-state index >= 15 is 0 Å². The second-order valence-electron chi connectivity index (χ2n) is 6.61. The Balaban J connectivity index is 1.50. The minimum absolute atomic E-state index is 0.0103. The van der Waals surface area contributed by atoms with E-state index in [2.05, 4.69) is 10.6 Å². The van der Waals surface area contributed by atoms with Gasteiger partial charge in [0, 0.05) is 6.54 Å². The summed E-state index contributed by atoms with van der Waals surface area (Å²) in [6.45, 7) is 0.409. The van der Waals surface area contributed by atoms with Crippen LogP contribution in [0.25, 0.3) is 0 Å². The van der Waals surface area contributed by atoms with Crippen LogP contribution in [0.2, 0.25) is 0 Å². The lowest BCUT2D eigenvalue weighted by molar-refractivity contribution is -0.132. The molecule has 0 atom stereocenters. The van der Waals surface area contributed by atoms with Crippen LogP contribution in [0, 0.1) is 0 Å². The van der Waals surface area contributed by atoms with E-state index in [1.807, 2.05) is 54.6 Å². The van der Waals surface area contributed by atoms with E-state index in [1.165, 1.54) is 0 Å². The number of carbonyl (C=O) groups excluding carboxylic acids is 2. The minimum Gasteiger partial charge on any atom is -0.497 e. The van der Waals surface area contributed by atoms with Gasteiger partial charge in [0.2, 0.25) is 11.8 Å². The number of carbonyl (C=O) groups is 2. The second-order valence-corrected chi connectivity index (χ2v) is 6.61. The molecule has 0 radical (unpaired) electrons. The molecule has 2 aromatic carbocycles. The normalized spacial score (nSPS) is 14.8. The van der Waals surface area contributed by atoms with Gasteiger partial charge in [0.25, 0.3) is 0 Å². The number of nitrogens with one attached hydrogen (secondary N) is 2. The average molecular weight is 352 g/mol. The molecule has 2 amide bonds. The van der Waals surface area contributed by atoms with Gasteiger partial charge in [0.1, 0.15) is 5.75 Å². The fourth-order valence-corrected chi connectivity index (χ4v) is 3.27. The summed E-state index contributed by atoms with van der Waals surface area (Å²) in [5, 5.41) is 5.63. The molecule has 1 saturated carbocycles. The van der Waals surface area contributed by atoms with Gasteiger partial charge in [0.05, 0.1) is 19.1 Å². The van der Waals surface area contributed by atoms with Crippen molar-refractivity contribution in [1.29, 1.82) is 0 Å². The van der Waals surface area contributed by atoms with Crippen LogP contribution in [-0.4, -0.2) is 25.5 Å². The standard InChI is InChI=1S/C21H24N2O3/c1-26-18-10-8-16(9-11-18)14-22-19(24)15-23-20(25)21(12-5-13-21)17-6-3-2-4-7-17/h2-4,6-11H,5,12-15H2,1H3,(H,22,24)(H,23,25). The van der Waals surface area contributed by atoms with Crippen LogP contribution in [0.5, 0.6) is 5.75 Å². The number of hydrogen-bond donors (Lipinski definition) is 2. The molecule has 2 N–H and O–H groups in total. The zero-order valence-corrected chi connectivity index (χ0v) is 15.0. The van der Waals surface area contributed by atoms with Gasteiger partial charge >= 0.3 is 0 Å². The van der Waals surface area contributed by atoms with Crippen molar-refractivity contribution in [2.75, 3.05) is 13.7 Å². The smallest absolute Gasteiger partial charge is 0.239 e. The van der Waals surface area contributed by atoms with Crippen LogP contribution >= 0.6 is 0 Å². The Kier molecular flexibility index (Phi) is 5.56. The lowest BCUT2D eigenvalue weighted by atomic mass is 9.64. The monoisotopic (exact) mass is 352 g/mol. The summed E-state index contributed by atoms with van der Waals surface area (Å²) >= 11 is 0. The van der Waals surface area contributed by atoms with Crippen molar-refractivity contribution >= 4 is 11.8 Å². The van der Waals surface area contributed by atoms with Crippen molar-refractivity contribution in [3.63, 3.8) is 0 Å². The summed E-state index contributed by atoms with van der Waals surface area (Å²) < 4.78 is 5.11. The fourth-order valence-electron chi connectivity index (χ4n) is 3.27. The molecule has 0 aromatic heterocycles. The molecule has 0 aliphatic heterocycles. The van der Waals surface area contributed by atoms with Crippen LogP contribution in [0.1, 0.15) is 30.4 Å². The Labute approximate surface area is 153 Å². The summed E-state index contributed by atoms with van der Waals surface area (Å²) in [5.41, 5.74) is 1.53. The van der Waals surface area contributed by atoms with Crippen LogP contribution in [0.15, 0.2) is 54.6 Å². The lowest BCUT2D eigenvalue weighted by Crippen LogP contribution is -2.51. The summed E-state index contributed by atoms with van der Waals surface area (Å²) in [7, 11) is 1.61. The Morgan fingerprint density at radius 1 is 1.00 bits per heavy atom. The molecular weight excluding hydrogens is 328 g/mol. The summed E-state index contributed by atoms with van der Waals surface area (Å²) in [6, 6.07) is 17.3. The number of ether oxygens (including phenoxy) is 1. The van der Waals surface area contributed by atoms with Gasteiger partial charge < -0.3 is 15.4 Å². The molecule has 2 aromatic rings. The minimum atomic E-state index is -0.475. The van der Waals surface area contributed by atoms with E-state index in [0.29, 0.717) is 6.54 Å². The highest BCUT2D eigenvalue weighted by Gasteiger charge is 2.45. The highest BCUT2D eigenvalue weighted by Crippen LogP contribution is 2.43. The third-order valence-electron chi connectivity index (χ3n) is 5.03. The van der Waals surface area contributed by atoms with Crippen LogP contribution in [0.3, 0.4) is 0 Å². The maximum atomic E-state index is 12.7. The predicted molar refractivity (Wildman–Crippen MR) is 99.8 cm³/mol. The Hall–Kier alpha value is -2.82. The van der Waals surface area contributed by atoms with Gasteiger partial charge in [-0.15, -0.1) is 0 Å². The molecule has 0 unspecified atom stereocenters. The van der Waals surface area contributed by atoms with Crippen molar-refractivity contribution in [1.82, 2.24) is 10.6 Å². The first-order chi connectivity index (χ1) is 12.6. The van der Waals surface area contributed by atoms with Crippen molar-refractivity contribution < 1.29 is 14.3 Å². The van der Waals surface area contributed by atoms with Gasteiger partial charge in [-0.1, -0.05) is 48.9 Å². The van der Waals surface area contributed by atoms with E-state index in [1.54, 1.807) is 7.11 Å². The third kappa shape index (κ3) is 3.87. The van der Waals surface area contributed by atoms with Gasteiger partial charge in [-0.05, 0) is 36.1 Å². The first-order valence-corrected chi connectivity index (χ1v) is 8.87. The van der Waals surface area contributed by atoms with Crippen molar-refractivity contribution in [3.8, 4) is 5.75 Å². The zero-order chi connectivity index (χ0) is 18.4. The van der Waals surface area contributed by atoms with Gasteiger partial charge in [-0.3, -0.25) is 9.59 Å². The molecular formula is C21H24N2O3. The molecule has 1 fully saturated rings. The molecule has 3 rings (SSSR count). The molecule has 5 heteroatoms. The van der Waals surface area contributed by atoms with E-state index < -0.39 is 5.41 Å². The largest absolute Gasteiger partial charge is 0.497 e. The van der Waals surface area contributed by atoms with Gasteiger partial charge in [-0.25, -0.2) is 0 Å². The van der Waals surface area contributed by atoms with Crippen molar-refractivity contribution in [2.45, 2.75) is 31.2 Å². The Morgan fingerprint density at radius 3 is 2.27 bits per heavy atom. The molecule has 0 heterocycles. The van der Waals surface area contributed by atoms with Crippen LogP contribution in [-0.2, 0) is 21.5 Å². The number of rotatable bonds is 7. The van der Waals surface area contributed by atoms with Crippen molar-refractivity contribution in [3.05, 3.63) is 65.7 Å². The third-order valence-corrected chi connectivity index (χ3v) is 5.03. The SMILES string of the molecule is COc1ccc(CNC(=O)CNC(=O)C2(c3ccccc3)CCC2)cc1. The van der Waals surface area contributed by atoms with E-state index in [0.717, 1.165) is 36.1 Å². The Morgan fingerprint density at radius 2 is 1.69 bits per heavy atom. The topological polar surface area (TPSA) is 67.4 Å². The first-order valence-electron chi connectivity index (χ1n) is 8.87. The maximum Gasteiger partial charge on any atom is 0.239 e. The van der Waals surface area contributed by atoms with E-state index in [4.69, 9.17) is 4.74 Å². The number of hydrogen-bond acceptors (Lipinski definition) is 3. The maximum absolute atomic E-state index is 12.7. The van der Waals surface area contributed by atoms with Gasteiger partial charge in [0.15, 0.2) is 0 Å². The van der Waals surface area contributed by atoms with Crippen LogP contribution in [0.4, 0.5) is 0 Å². The lowest BCUT2D eigenvalue weighted by Gasteiger charge is -2.40. The number of amides is 2. The highest BCUT2D eigenvalue weighted by molar-refractivity contribution is 5.92. The van der Waals surface area contributed by atoms with Crippen LogP contribution < -0.4 is 15.4 Å². The first kappa shape index (κ1) is 18.0. The Bertz CT molecular complexity index is 753. The average Bonchev–Trinajstić information content (AvgIpc) is 2.65. The molecule has 0 saturated heterocycles. The highest BCUT2D eigenvalue weighted by atomic mass is 16.5. The summed E-state index contributed by atoms with van der Waals surface area (Å²) in [4.78, 5) is 24.8. The van der Waals surface area contributed by atoms with E-state index in [-0.39, 0.29) is 18.4 Å². The molecule has 26 heavy (non-hydrogen) atoms. The molecule has 1 aliphatic rings. The predicted octanol–water partition coefficient (Wildman–Crippen LogP) is 2.55. The molecule has 5 nitrogen and oxygen atoms in total. The molecule has 0 spiro atoms. The molecule has 1 aliphatic carbocycles. The number of methoxy groups -OCH3 is 1. The second kappa shape index (κ2) is 8.04. The van der Waals surface area contributed by atoms with Crippen molar-refractivity contribution in [2.24, 2.45) is 0 Å².